The zero-order valence-corrected chi connectivity index (χ0v) is 10.5. The molecule has 0 bridgehead atoms. The van der Waals surface area contributed by atoms with Crippen molar-refractivity contribution in [2.45, 2.75) is 44.4 Å². The van der Waals surface area contributed by atoms with Crippen LogP contribution in [0.4, 0.5) is 0 Å². The monoisotopic (exact) mass is 231 g/mol. The third-order valence-electron chi connectivity index (χ3n) is 3.39. The van der Waals surface area contributed by atoms with Crippen LogP contribution in [-0.2, 0) is 9.47 Å². The Morgan fingerprint density at radius 3 is 2.31 bits per heavy atom. The van der Waals surface area contributed by atoms with Crippen LogP contribution in [-0.4, -0.2) is 56.3 Å². The van der Waals surface area contributed by atoms with Crippen molar-refractivity contribution in [1.29, 1.82) is 0 Å². The van der Waals surface area contributed by atoms with Gasteiger partial charge in [0.2, 0.25) is 0 Å². The molecule has 0 radical (unpaired) electrons. The van der Waals surface area contributed by atoms with E-state index in [4.69, 9.17) is 14.6 Å². The number of hydrogen-bond donors (Lipinski definition) is 1. The Balaban J connectivity index is 2.44. The number of ether oxygens (including phenoxy) is 2. The van der Waals surface area contributed by atoms with Gasteiger partial charge in [-0.2, -0.15) is 0 Å². The summed E-state index contributed by atoms with van der Waals surface area (Å²) in [5.74, 6) is 0. The van der Waals surface area contributed by atoms with Crippen LogP contribution in [0.2, 0.25) is 0 Å². The molecule has 0 unspecified atom stereocenters. The number of hydrogen-bond acceptors (Lipinski definition) is 4. The standard InChI is InChI=1S/C12H25NO3/c1-15-12(16-2)10-13(8-9-14)11-6-4-3-5-7-11/h11-12,14H,3-10H2,1-2H3. The van der Waals surface area contributed by atoms with Crippen LogP contribution in [0.25, 0.3) is 0 Å². The van der Waals surface area contributed by atoms with E-state index < -0.39 is 0 Å². The first-order valence-electron chi connectivity index (χ1n) is 6.22. The molecule has 1 rings (SSSR count). The van der Waals surface area contributed by atoms with Gasteiger partial charge in [-0.1, -0.05) is 19.3 Å². The van der Waals surface area contributed by atoms with Crippen LogP contribution in [0.15, 0.2) is 0 Å². The Bertz CT molecular complexity index is 168. The van der Waals surface area contributed by atoms with Crippen LogP contribution in [0.5, 0.6) is 0 Å². The minimum atomic E-state index is -0.187. The molecule has 0 aromatic carbocycles. The second-order valence-corrected chi connectivity index (χ2v) is 4.41. The van der Waals surface area contributed by atoms with Crippen molar-refractivity contribution in [3.63, 3.8) is 0 Å². The molecule has 16 heavy (non-hydrogen) atoms. The minimum absolute atomic E-state index is 0.187. The lowest BCUT2D eigenvalue weighted by Crippen LogP contribution is -2.44. The Morgan fingerprint density at radius 1 is 1.19 bits per heavy atom. The Morgan fingerprint density at radius 2 is 1.81 bits per heavy atom. The summed E-state index contributed by atoms with van der Waals surface area (Å²) in [7, 11) is 3.32. The number of aliphatic hydroxyl groups is 1. The minimum Gasteiger partial charge on any atom is -0.395 e. The third kappa shape index (κ3) is 4.37. The average molecular weight is 231 g/mol. The Kier molecular flexibility index (Phi) is 6.96. The maximum absolute atomic E-state index is 9.10. The first-order valence-corrected chi connectivity index (χ1v) is 6.22. The molecule has 1 fully saturated rings. The predicted octanol–water partition coefficient (Wildman–Crippen LogP) is 1.23. The Hall–Kier alpha value is -0.160. The molecular weight excluding hydrogens is 206 g/mol. The highest BCUT2D eigenvalue weighted by molar-refractivity contribution is 4.76. The summed E-state index contributed by atoms with van der Waals surface area (Å²) in [6, 6.07) is 0.591. The van der Waals surface area contributed by atoms with E-state index in [1.165, 1.54) is 32.1 Å². The lowest BCUT2D eigenvalue weighted by Gasteiger charge is -2.35. The summed E-state index contributed by atoms with van der Waals surface area (Å²) in [6.45, 7) is 1.67. The van der Waals surface area contributed by atoms with E-state index in [1.807, 2.05) is 0 Å². The van der Waals surface area contributed by atoms with Crippen molar-refractivity contribution in [3.05, 3.63) is 0 Å². The van der Waals surface area contributed by atoms with Crippen LogP contribution >= 0.6 is 0 Å². The second-order valence-electron chi connectivity index (χ2n) is 4.41. The SMILES string of the molecule is COC(CN(CCO)C1CCCCC1)OC. The van der Waals surface area contributed by atoms with E-state index in [1.54, 1.807) is 14.2 Å². The quantitative estimate of drug-likeness (QED) is 0.669. The zero-order chi connectivity index (χ0) is 11.8. The highest BCUT2D eigenvalue weighted by Crippen LogP contribution is 2.22. The maximum Gasteiger partial charge on any atom is 0.169 e. The average Bonchev–Trinajstić information content (AvgIpc) is 2.35. The summed E-state index contributed by atoms with van der Waals surface area (Å²) in [6.07, 6.45) is 6.24. The molecule has 4 nitrogen and oxygen atoms in total. The Labute approximate surface area is 98.5 Å². The maximum atomic E-state index is 9.10. The molecule has 0 amide bonds. The first kappa shape index (κ1) is 13.9. The lowest BCUT2D eigenvalue weighted by molar-refractivity contribution is -0.122. The van der Waals surface area contributed by atoms with Gasteiger partial charge in [0.25, 0.3) is 0 Å². The van der Waals surface area contributed by atoms with Crippen molar-refractivity contribution in [2.75, 3.05) is 33.9 Å². The molecule has 0 atom stereocenters. The molecule has 1 N–H and O–H groups in total. The van der Waals surface area contributed by atoms with Gasteiger partial charge < -0.3 is 14.6 Å². The van der Waals surface area contributed by atoms with E-state index in [0.29, 0.717) is 12.6 Å². The van der Waals surface area contributed by atoms with Crippen LogP contribution in [0.1, 0.15) is 32.1 Å². The molecule has 0 aromatic heterocycles. The summed E-state index contributed by atoms with van der Waals surface area (Å²) < 4.78 is 10.4. The fourth-order valence-electron chi connectivity index (χ4n) is 2.43. The fraction of sp³-hybridized carbons (Fsp3) is 1.00. The number of rotatable bonds is 7. The first-order chi connectivity index (χ1) is 7.81. The van der Waals surface area contributed by atoms with Gasteiger partial charge in [0.05, 0.1) is 6.61 Å². The molecule has 4 heteroatoms. The van der Waals surface area contributed by atoms with Crippen LogP contribution in [0, 0.1) is 0 Å². The summed E-state index contributed by atoms with van der Waals surface area (Å²) in [4.78, 5) is 2.30. The van der Waals surface area contributed by atoms with Gasteiger partial charge in [0.1, 0.15) is 0 Å². The second kappa shape index (κ2) is 8.01. The van der Waals surface area contributed by atoms with Gasteiger partial charge in [-0.25, -0.2) is 0 Å². The number of aliphatic hydroxyl groups excluding tert-OH is 1. The normalized spacial score (nSPS) is 18.6. The number of nitrogens with zero attached hydrogens (tertiary/aromatic N) is 1. The zero-order valence-electron chi connectivity index (χ0n) is 10.5. The molecule has 1 aliphatic carbocycles. The third-order valence-corrected chi connectivity index (χ3v) is 3.39. The highest BCUT2D eigenvalue weighted by Gasteiger charge is 2.23. The molecule has 0 spiro atoms. The molecule has 0 heterocycles. The molecule has 0 aliphatic heterocycles. The van der Waals surface area contributed by atoms with Gasteiger partial charge in [-0.05, 0) is 12.8 Å². The molecule has 1 aliphatic rings. The van der Waals surface area contributed by atoms with Crippen molar-refractivity contribution in [2.24, 2.45) is 0 Å². The van der Waals surface area contributed by atoms with Gasteiger partial charge in [-0.3, -0.25) is 4.90 Å². The largest absolute Gasteiger partial charge is 0.395 e. The topological polar surface area (TPSA) is 41.9 Å². The summed E-state index contributed by atoms with van der Waals surface area (Å²) in [5, 5.41) is 9.10. The van der Waals surface area contributed by atoms with Crippen molar-refractivity contribution in [3.8, 4) is 0 Å². The smallest absolute Gasteiger partial charge is 0.169 e. The van der Waals surface area contributed by atoms with Gasteiger partial charge in [-0.15, -0.1) is 0 Å². The van der Waals surface area contributed by atoms with E-state index >= 15 is 0 Å². The summed E-state index contributed by atoms with van der Waals surface area (Å²) >= 11 is 0. The van der Waals surface area contributed by atoms with Crippen molar-refractivity contribution in [1.82, 2.24) is 4.90 Å². The van der Waals surface area contributed by atoms with Gasteiger partial charge >= 0.3 is 0 Å². The molecule has 0 saturated heterocycles. The number of methoxy groups -OCH3 is 2. The molecule has 0 aromatic rings. The lowest BCUT2D eigenvalue weighted by atomic mass is 9.94. The van der Waals surface area contributed by atoms with E-state index in [-0.39, 0.29) is 12.9 Å². The van der Waals surface area contributed by atoms with E-state index in [0.717, 1.165) is 6.54 Å². The van der Waals surface area contributed by atoms with Crippen molar-refractivity contribution >= 4 is 0 Å². The molecule has 96 valence electrons. The highest BCUT2D eigenvalue weighted by atomic mass is 16.7. The fourth-order valence-corrected chi connectivity index (χ4v) is 2.43. The molecular formula is C12H25NO3. The van der Waals surface area contributed by atoms with E-state index in [2.05, 4.69) is 4.90 Å². The van der Waals surface area contributed by atoms with Crippen molar-refractivity contribution < 1.29 is 14.6 Å². The van der Waals surface area contributed by atoms with Crippen LogP contribution in [0.3, 0.4) is 0 Å². The molecule has 1 saturated carbocycles. The van der Waals surface area contributed by atoms with Gasteiger partial charge in [0.15, 0.2) is 6.29 Å². The van der Waals surface area contributed by atoms with E-state index in [9.17, 15) is 0 Å². The predicted molar refractivity (Wildman–Crippen MR) is 63.3 cm³/mol. The van der Waals surface area contributed by atoms with Gasteiger partial charge in [0, 0.05) is 33.4 Å². The van der Waals surface area contributed by atoms with Crippen LogP contribution < -0.4 is 0 Å². The summed E-state index contributed by atoms with van der Waals surface area (Å²) in [5.41, 5.74) is 0.